The van der Waals surface area contributed by atoms with Crippen LogP contribution in [0, 0.1) is 20.8 Å². The zero-order valence-electron chi connectivity index (χ0n) is 21.0. The maximum absolute atomic E-state index is 13.1. The fourth-order valence-electron chi connectivity index (χ4n) is 5.43. The van der Waals surface area contributed by atoms with E-state index in [4.69, 9.17) is 14.0 Å². The molecule has 2 aliphatic rings. The second-order valence-electron chi connectivity index (χ2n) is 9.75. The lowest BCUT2D eigenvalue weighted by Crippen LogP contribution is -2.54. The Hall–Kier alpha value is -3.50. The van der Waals surface area contributed by atoms with Crippen molar-refractivity contribution in [3.63, 3.8) is 0 Å². The van der Waals surface area contributed by atoms with Crippen molar-refractivity contribution in [1.29, 1.82) is 0 Å². The number of nitrogens with one attached hydrogen (secondary N) is 2. The number of carbonyl (C=O) groups excluding carboxylic acids is 1. The molecule has 0 bridgehead atoms. The molecule has 0 spiro atoms. The minimum Gasteiger partial charge on any atom is -0.496 e. The van der Waals surface area contributed by atoms with Crippen molar-refractivity contribution in [3.05, 3.63) is 35.1 Å². The van der Waals surface area contributed by atoms with Crippen LogP contribution in [0.5, 0.6) is 5.75 Å². The van der Waals surface area contributed by atoms with Crippen LogP contribution in [-0.2, 0) is 4.74 Å². The zero-order valence-corrected chi connectivity index (χ0v) is 21.0. The molecular weight excluding hydrogens is 460 g/mol. The molecule has 36 heavy (non-hydrogen) atoms. The number of H-pyrrole nitrogens is 1. The molecule has 10 nitrogen and oxygen atoms in total. The van der Waals surface area contributed by atoms with E-state index in [-0.39, 0.29) is 17.8 Å². The number of likely N-dealkylation sites (tertiary alicyclic amines) is 1. The normalized spacial score (nSPS) is 17.6. The van der Waals surface area contributed by atoms with Gasteiger partial charge < -0.3 is 24.3 Å². The largest absolute Gasteiger partial charge is 0.496 e. The van der Waals surface area contributed by atoms with Crippen LogP contribution in [0.15, 0.2) is 16.7 Å². The van der Waals surface area contributed by atoms with Gasteiger partial charge in [-0.1, -0.05) is 5.16 Å². The first-order chi connectivity index (χ1) is 17.4. The Bertz CT molecular complexity index is 1440. The third kappa shape index (κ3) is 3.81. The lowest BCUT2D eigenvalue weighted by Gasteiger charge is -2.41. The quantitative estimate of drug-likeness (QED) is 0.438. The molecule has 10 heteroatoms. The van der Waals surface area contributed by atoms with Crippen molar-refractivity contribution in [2.75, 3.05) is 33.4 Å². The van der Waals surface area contributed by atoms with Gasteiger partial charge in [-0.2, -0.15) is 0 Å². The third-order valence-corrected chi connectivity index (χ3v) is 7.46. The van der Waals surface area contributed by atoms with E-state index in [9.17, 15) is 4.79 Å². The molecule has 6 rings (SSSR count). The molecule has 2 N–H and O–H groups in total. The van der Waals surface area contributed by atoms with Crippen LogP contribution in [0.4, 0.5) is 0 Å². The highest BCUT2D eigenvalue weighted by molar-refractivity contribution is 6.10. The Morgan fingerprint density at radius 2 is 1.92 bits per heavy atom. The summed E-state index contributed by atoms with van der Waals surface area (Å²) in [6.45, 7) is 9.27. The topological polar surface area (TPSA) is 118 Å². The summed E-state index contributed by atoms with van der Waals surface area (Å²) >= 11 is 0. The molecule has 188 valence electrons. The lowest BCUT2D eigenvalue weighted by atomic mass is 10.0. The number of aromatic nitrogens is 4. The molecule has 0 atom stereocenters. The summed E-state index contributed by atoms with van der Waals surface area (Å²) in [5, 5.41) is 9.04. The predicted molar refractivity (Wildman–Crippen MR) is 134 cm³/mol. The summed E-state index contributed by atoms with van der Waals surface area (Å²) in [4.78, 5) is 28.1. The van der Waals surface area contributed by atoms with Crippen LogP contribution in [-0.4, -0.2) is 76.4 Å². The Labute approximate surface area is 208 Å². The summed E-state index contributed by atoms with van der Waals surface area (Å²) in [5.41, 5.74) is 4.83. The number of carbonyl (C=O) groups is 1. The molecule has 4 aromatic rings. The number of methoxy groups -OCH3 is 1. The van der Waals surface area contributed by atoms with Gasteiger partial charge >= 0.3 is 0 Å². The molecule has 2 aliphatic heterocycles. The molecule has 2 fully saturated rings. The number of nitrogens with zero attached hydrogens (tertiary/aromatic N) is 4. The molecule has 5 heterocycles. The van der Waals surface area contributed by atoms with Gasteiger partial charge in [-0.15, -0.1) is 0 Å². The van der Waals surface area contributed by atoms with E-state index in [1.807, 2.05) is 32.9 Å². The summed E-state index contributed by atoms with van der Waals surface area (Å²) < 4.78 is 16.4. The summed E-state index contributed by atoms with van der Waals surface area (Å²) in [5.74, 6) is 1.37. The second-order valence-corrected chi connectivity index (χ2v) is 9.75. The monoisotopic (exact) mass is 490 g/mol. The van der Waals surface area contributed by atoms with Gasteiger partial charge in [-0.05, 0) is 45.7 Å². The van der Waals surface area contributed by atoms with E-state index >= 15 is 0 Å². The first kappa shape index (κ1) is 22.9. The molecule has 1 amide bonds. The number of piperidine rings is 1. The Balaban J connectivity index is 1.30. The predicted octanol–water partition coefficient (Wildman–Crippen LogP) is 3.29. The van der Waals surface area contributed by atoms with Gasteiger partial charge in [0, 0.05) is 41.0 Å². The Kier molecular flexibility index (Phi) is 5.65. The van der Waals surface area contributed by atoms with Gasteiger partial charge in [0.15, 0.2) is 0 Å². The zero-order chi connectivity index (χ0) is 25.0. The van der Waals surface area contributed by atoms with Crippen molar-refractivity contribution in [2.45, 2.75) is 45.7 Å². The minimum atomic E-state index is -0.238. The minimum absolute atomic E-state index is 0.124. The van der Waals surface area contributed by atoms with E-state index in [0.29, 0.717) is 17.4 Å². The van der Waals surface area contributed by atoms with E-state index in [2.05, 4.69) is 30.3 Å². The molecule has 0 unspecified atom stereocenters. The first-order valence-electron chi connectivity index (χ1n) is 12.4. The summed E-state index contributed by atoms with van der Waals surface area (Å²) in [6, 6.07) is 4.65. The van der Waals surface area contributed by atoms with Crippen LogP contribution in [0.1, 0.15) is 40.6 Å². The van der Waals surface area contributed by atoms with Gasteiger partial charge in [0.2, 0.25) is 5.82 Å². The number of aromatic amines is 1. The van der Waals surface area contributed by atoms with Crippen LogP contribution >= 0.6 is 0 Å². The van der Waals surface area contributed by atoms with E-state index in [1.54, 1.807) is 7.11 Å². The number of benzene rings is 1. The van der Waals surface area contributed by atoms with E-state index in [0.717, 1.165) is 83.7 Å². The molecule has 3 aromatic heterocycles. The highest BCUT2D eigenvalue weighted by Crippen LogP contribution is 2.39. The molecule has 0 aliphatic carbocycles. The second kappa shape index (κ2) is 8.86. The lowest BCUT2D eigenvalue weighted by molar-refractivity contribution is -0.0717. The Morgan fingerprint density at radius 1 is 1.14 bits per heavy atom. The first-order valence-corrected chi connectivity index (χ1v) is 12.4. The average Bonchev–Trinajstić information content (AvgIpc) is 3.36. The van der Waals surface area contributed by atoms with Crippen LogP contribution in [0.25, 0.3) is 33.1 Å². The van der Waals surface area contributed by atoms with E-state index in [1.165, 1.54) is 0 Å². The van der Waals surface area contributed by atoms with Gasteiger partial charge in [-0.3, -0.25) is 9.69 Å². The van der Waals surface area contributed by atoms with Crippen molar-refractivity contribution >= 4 is 27.8 Å². The van der Waals surface area contributed by atoms with Crippen LogP contribution < -0.4 is 10.1 Å². The highest BCUT2D eigenvalue weighted by atomic mass is 16.5. The standard InChI is InChI=1S/C26H30N6O4/c1-13-23-18-10-21(34-4)19(22-14(2)31-36-15(22)3)9-20(18)29-24(23)30-25(27-13)26(33)28-16-5-7-32(8-6-16)17-11-35-12-17/h9-10,16-17H,5-8,11-12H2,1-4H3,(H,28,33)(H,27,29,30). The fraction of sp³-hybridized carbons (Fsp3) is 0.462. The smallest absolute Gasteiger partial charge is 0.289 e. The number of hydrogen-bond acceptors (Lipinski definition) is 8. The number of hydrogen-bond donors (Lipinski definition) is 2. The van der Waals surface area contributed by atoms with Crippen molar-refractivity contribution < 1.29 is 18.8 Å². The van der Waals surface area contributed by atoms with Crippen molar-refractivity contribution in [3.8, 4) is 16.9 Å². The summed E-state index contributed by atoms with van der Waals surface area (Å²) in [7, 11) is 1.65. The SMILES string of the molecule is COc1cc2c(cc1-c1c(C)noc1C)[nH]c1nc(C(=O)NC3CCN(C4COC4)CC3)nc(C)c12. The number of rotatable bonds is 5. The van der Waals surface area contributed by atoms with Crippen LogP contribution in [0.3, 0.4) is 0 Å². The maximum Gasteiger partial charge on any atom is 0.289 e. The third-order valence-electron chi connectivity index (χ3n) is 7.46. The maximum atomic E-state index is 13.1. The molecule has 1 aromatic carbocycles. The van der Waals surface area contributed by atoms with Gasteiger partial charge in [0.1, 0.15) is 17.2 Å². The van der Waals surface area contributed by atoms with E-state index < -0.39 is 0 Å². The van der Waals surface area contributed by atoms with Crippen molar-refractivity contribution in [2.24, 2.45) is 0 Å². The number of aryl methyl sites for hydroxylation is 3. The molecular formula is C26H30N6O4. The number of fused-ring (bicyclic) bond motifs is 3. The average molecular weight is 491 g/mol. The highest BCUT2D eigenvalue weighted by Gasteiger charge is 2.30. The molecule has 0 radical (unpaired) electrons. The van der Waals surface area contributed by atoms with Gasteiger partial charge in [-0.25, -0.2) is 9.97 Å². The van der Waals surface area contributed by atoms with Crippen molar-refractivity contribution in [1.82, 2.24) is 30.3 Å². The summed E-state index contributed by atoms with van der Waals surface area (Å²) in [6.07, 6.45) is 1.83. The van der Waals surface area contributed by atoms with Crippen LogP contribution in [0.2, 0.25) is 0 Å². The van der Waals surface area contributed by atoms with Gasteiger partial charge in [0.25, 0.3) is 5.91 Å². The fourth-order valence-corrected chi connectivity index (χ4v) is 5.43. The molecule has 0 saturated carbocycles. The Morgan fingerprint density at radius 3 is 2.56 bits per heavy atom. The van der Waals surface area contributed by atoms with Gasteiger partial charge in [0.05, 0.1) is 43.3 Å². The number of ether oxygens (including phenoxy) is 2. The molecule has 2 saturated heterocycles. The number of amides is 1.